The summed E-state index contributed by atoms with van der Waals surface area (Å²) >= 11 is 0. The molecule has 2 N–H and O–H groups in total. The van der Waals surface area contributed by atoms with Crippen LogP contribution in [0.3, 0.4) is 0 Å². The number of carbonyl (C=O) groups is 1. The highest BCUT2D eigenvalue weighted by atomic mass is 16.5. The number of carboxylic acids is 1. The number of rotatable bonds is 3. The third kappa shape index (κ3) is 2.33. The molecule has 16 heavy (non-hydrogen) atoms. The monoisotopic (exact) mass is 221 g/mol. The van der Waals surface area contributed by atoms with Gasteiger partial charge in [0.05, 0.1) is 12.6 Å². The Morgan fingerprint density at radius 3 is 3.06 bits per heavy atom. The first-order valence-corrected chi connectivity index (χ1v) is 5.37. The number of hydrogen-bond acceptors (Lipinski definition) is 3. The predicted octanol–water partition coefficient (Wildman–Crippen LogP) is 1.57. The molecule has 1 aromatic rings. The number of hydrogen-bond donors (Lipinski definition) is 2. The molecule has 2 rings (SSSR count). The van der Waals surface area contributed by atoms with Crippen LogP contribution in [0.4, 0.5) is 0 Å². The summed E-state index contributed by atoms with van der Waals surface area (Å²) < 4.78 is 5.68. The Balaban J connectivity index is 2.16. The van der Waals surface area contributed by atoms with E-state index in [9.17, 15) is 4.79 Å². The van der Waals surface area contributed by atoms with Crippen molar-refractivity contribution < 1.29 is 14.6 Å². The third-order valence-electron chi connectivity index (χ3n) is 2.69. The minimum Gasteiger partial charge on any atom is -0.490 e. The largest absolute Gasteiger partial charge is 0.490 e. The minimum absolute atomic E-state index is 0.0221. The molecule has 0 bridgehead atoms. The van der Waals surface area contributed by atoms with Crippen LogP contribution in [0.1, 0.15) is 24.9 Å². The van der Waals surface area contributed by atoms with Crippen molar-refractivity contribution in [2.75, 3.05) is 6.54 Å². The fourth-order valence-corrected chi connectivity index (χ4v) is 2.00. The normalized spacial score (nSPS) is 23.3. The second-order valence-electron chi connectivity index (χ2n) is 4.03. The zero-order valence-electron chi connectivity index (χ0n) is 9.14. The molecule has 0 saturated carbocycles. The van der Waals surface area contributed by atoms with Gasteiger partial charge in [0.25, 0.3) is 0 Å². The van der Waals surface area contributed by atoms with Crippen molar-refractivity contribution >= 4 is 5.97 Å². The fraction of sp³-hybridized carbons (Fsp3) is 0.417. The molecule has 4 heteroatoms. The summed E-state index contributed by atoms with van der Waals surface area (Å²) in [6, 6.07) is 7.82. The molecule has 86 valence electrons. The number of ether oxygens (including phenoxy) is 1. The van der Waals surface area contributed by atoms with Crippen molar-refractivity contribution in [3.05, 3.63) is 29.8 Å². The number of carboxylic acid groups (broad SMARTS) is 1. The fourth-order valence-electron chi connectivity index (χ4n) is 2.00. The van der Waals surface area contributed by atoms with Gasteiger partial charge >= 0.3 is 5.97 Å². The average Bonchev–Trinajstić information content (AvgIpc) is 2.25. The van der Waals surface area contributed by atoms with Crippen LogP contribution in [-0.2, 0) is 4.79 Å². The van der Waals surface area contributed by atoms with Crippen LogP contribution in [-0.4, -0.2) is 23.7 Å². The van der Waals surface area contributed by atoms with E-state index >= 15 is 0 Å². The van der Waals surface area contributed by atoms with Crippen LogP contribution >= 0.6 is 0 Å². The topological polar surface area (TPSA) is 58.6 Å². The van der Waals surface area contributed by atoms with E-state index in [-0.39, 0.29) is 18.7 Å². The van der Waals surface area contributed by atoms with E-state index in [1.54, 1.807) is 0 Å². The maximum atomic E-state index is 10.5. The standard InChI is InChI=1S/C12H15NO3/c1-8-6-10(13-7-12(14)15)9-4-2-3-5-11(9)16-8/h2-5,8,10,13H,6-7H2,1H3,(H,14,15)/t8-,10+/m0/s1. The van der Waals surface area contributed by atoms with Gasteiger partial charge < -0.3 is 9.84 Å². The summed E-state index contributed by atoms with van der Waals surface area (Å²) in [6.45, 7) is 1.97. The molecule has 4 nitrogen and oxygen atoms in total. The molecule has 1 heterocycles. The van der Waals surface area contributed by atoms with Crippen molar-refractivity contribution in [1.29, 1.82) is 0 Å². The van der Waals surface area contributed by atoms with Gasteiger partial charge in [-0.1, -0.05) is 18.2 Å². The number of benzene rings is 1. The lowest BCUT2D eigenvalue weighted by Gasteiger charge is -2.30. The molecular weight excluding hydrogens is 206 g/mol. The number of fused-ring (bicyclic) bond motifs is 1. The Bertz CT molecular complexity index is 392. The molecule has 0 aliphatic carbocycles. The summed E-state index contributed by atoms with van der Waals surface area (Å²) in [4.78, 5) is 10.5. The predicted molar refractivity (Wildman–Crippen MR) is 59.5 cm³/mol. The van der Waals surface area contributed by atoms with E-state index in [1.807, 2.05) is 31.2 Å². The van der Waals surface area contributed by atoms with Crippen molar-refractivity contribution in [2.24, 2.45) is 0 Å². The van der Waals surface area contributed by atoms with Crippen molar-refractivity contribution in [3.63, 3.8) is 0 Å². The van der Waals surface area contributed by atoms with Gasteiger partial charge in [0, 0.05) is 18.0 Å². The summed E-state index contributed by atoms with van der Waals surface area (Å²) in [6.07, 6.45) is 0.908. The second kappa shape index (κ2) is 4.53. The molecule has 0 fully saturated rings. The lowest BCUT2D eigenvalue weighted by Crippen LogP contribution is -2.34. The summed E-state index contributed by atoms with van der Waals surface area (Å²) in [7, 11) is 0. The van der Waals surface area contributed by atoms with Gasteiger partial charge in [-0.15, -0.1) is 0 Å². The number of nitrogens with one attached hydrogen (secondary N) is 1. The number of aliphatic carboxylic acids is 1. The summed E-state index contributed by atoms with van der Waals surface area (Å²) in [5.41, 5.74) is 1.04. The Hall–Kier alpha value is -1.55. The van der Waals surface area contributed by atoms with Crippen LogP contribution in [0.15, 0.2) is 24.3 Å². The van der Waals surface area contributed by atoms with Gasteiger partial charge in [0.15, 0.2) is 0 Å². The SMILES string of the molecule is C[C@H]1C[C@@H](NCC(=O)O)c2ccccc2O1. The van der Waals surface area contributed by atoms with Crippen LogP contribution < -0.4 is 10.1 Å². The Kier molecular flexibility index (Phi) is 3.10. The van der Waals surface area contributed by atoms with Gasteiger partial charge in [-0.05, 0) is 13.0 Å². The molecule has 0 saturated heterocycles. The quantitative estimate of drug-likeness (QED) is 0.813. The van der Waals surface area contributed by atoms with Crippen LogP contribution in [0.2, 0.25) is 0 Å². The molecule has 1 aromatic carbocycles. The second-order valence-corrected chi connectivity index (χ2v) is 4.03. The van der Waals surface area contributed by atoms with E-state index in [0.717, 1.165) is 17.7 Å². The molecule has 0 radical (unpaired) electrons. The first kappa shape index (κ1) is 11.0. The van der Waals surface area contributed by atoms with Crippen LogP contribution in [0, 0.1) is 0 Å². The van der Waals surface area contributed by atoms with E-state index in [4.69, 9.17) is 9.84 Å². The van der Waals surface area contributed by atoms with Crippen molar-refractivity contribution in [1.82, 2.24) is 5.32 Å². The smallest absolute Gasteiger partial charge is 0.317 e. The summed E-state index contributed by atoms with van der Waals surface area (Å²) in [5, 5.41) is 11.7. The van der Waals surface area contributed by atoms with Crippen molar-refractivity contribution in [2.45, 2.75) is 25.5 Å². The van der Waals surface area contributed by atoms with E-state index in [0.29, 0.717) is 0 Å². The van der Waals surface area contributed by atoms with Gasteiger partial charge in [-0.3, -0.25) is 10.1 Å². The zero-order valence-corrected chi connectivity index (χ0v) is 9.14. The molecule has 1 aliphatic rings. The van der Waals surface area contributed by atoms with Gasteiger partial charge in [0.1, 0.15) is 5.75 Å². The lowest BCUT2D eigenvalue weighted by atomic mass is 9.97. The van der Waals surface area contributed by atoms with E-state index in [1.165, 1.54) is 0 Å². The maximum Gasteiger partial charge on any atom is 0.317 e. The highest BCUT2D eigenvalue weighted by molar-refractivity contribution is 5.69. The van der Waals surface area contributed by atoms with Crippen LogP contribution in [0.5, 0.6) is 5.75 Å². The molecule has 0 amide bonds. The molecule has 2 atom stereocenters. The third-order valence-corrected chi connectivity index (χ3v) is 2.69. The highest BCUT2D eigenvalue weighted by Gasteiger charge is 2.25. The van der Waals surface area contributed by atoms with E-state index in [2.05, 4.69) is 5.32 Å². The Morgan fingerprint density at radius 2 is 2.31 bits per heavy atom. The van der Waals surface area contributed by atoms with Gasteiger partial charge in [-0.25, -0.2) is 0 Å². The number of para-hydroxylation sites is 1. The summed E-state index contributed by atoms with van der Waals surface area (Å²) in [5.74, 6) is 0.0146. The Labute approximate surface area is 94.2 Å². The first-order chi connectivity index (χ1) is 7.66. The lowest BCUT2D eigenvalue weighted by molar-refractivity contribution is -0.136. The molecular formula is C12H15NO3. The van der Waals surface area contributed by atoms with Gasteiger partial charge in [0.2, 0.25) is 0 Å². The first-order valence-electron chi connectivity index (χ1n) is 5.37. The van der Waals surface area contributed by atoms with Crippen molar-refractivity contribution in [3.8, 4) is 5.75 Å². The molecule has 0 aromatic heterocycles. The van der Waals surface area contributed by atoms with Crippen LogP contribution in [0.25, 0.3) is 0 Å². The van der Waals surface area contributed by atoms with Gasteiger partial charge in [-0.2, -0.15) is 0 Å². The van der Waals surface area contributed by atoms with E-state index < -0.39 is 5.97 Å². The maximum absolute atomic E-state index is 10.5. The highest BCUT2D eigenvalue weighted by Crippen LogP contribution is 2.34. The zero-order chi connectivity index (χ0) is 11.5. The minimum atomic E-state index is -0.836. The molecule has 1 aliphatic heterocycles. The Morgan fingerprint density at radius 1 is 1.56 bits per heavy atom. The molecule has 0 unspecified atom stereocenters. The average molecular weight is 221 g/mol. The molecule has 0 spiro atoms.